The van der Waals surface area contributed by atoms with Gasteiger partial charge in [0.15, 0.2) is 0 Å². The normalized spacial score (nSPS) is 22.0. The van der Waals surface area contributed by atoms with Gasteiger partial charge in [0.25, 0.3) is 0 Å². The molecule has 1 aromatic carbocycles. The second-order valence-electron chi connectivity index (χ2n) is 5.80. The molecule has 3 rings (SSSR count). The van der Waals surface area contributed by atoms with Gasteiger partial charge in [0.05, 0.1) is 0 Å². The van der Waals surface area contributed by atoms with E-state index < -0.39 is 5.97 Å². The van der Waals surface area contributed by atoms with Crippen molar-refractivity contribution in [2.75, 3.05) is 6.54 Å². The van der Waals surface area contributed by atoms with E-state index in [4.69, 9.17) is 0 Å². The maximum atomic E-state index is 11.6. The average molecular weight is 303 g/mol. The third-order valence-electron chi connectivity index (χ3n) is 4.43. The van der Waals surface area contributed by atoms with Crippen molar-refractivity contribution in [1.29, 1.82) is 0 Å². The summed E-state index contributed by atoms with van der Waals surface area (Å²) in [4.78, 5) is 15.0. The number of benzene rings is 1. The quantitative estimate of drug-likeness (QED) is 0.919. The summed E-state index contributed by atoms with van der Waals surface area (Å²) in [6, 6.07) is 10.4. The maximum absolute atomic E-state index is 11.6. The Morgan fingerprint density at radius 2 is 2.14 bits per heavy atom. The lowest BCUT2D eigenvalue weighted by atomic mass is 10.1. The fourth-order valence-corrected chi connectivity index (χ4v) is 4.37. The Morgan fingerprint density at radius 3 is 2.90 bits per heavy atom. The van der Waals surface area contributed by atoms with Crippen LogP contribution in [-0.4, -0.2) is 28.6 Å². The maximum Gasteiger partial charge on any atom is 0.320 e. The first-order valence-electron chi connectivity index (χ1n) is 7.64. The molecule has 2 unspecified atom stereocenters. The molecule has 4 heteroatoms. The van der Waals surface area contributed by atoms with Gasteiger partial charge in [-0.15, -0.1) is 11.3 Å². The fraction of sp³-hybridized carbons (Fsp3) is 0.471. The molecule has 0 aliphatic carbocycles. The minimum Gasteiger partial charge on any atom is -0.480 e. The smallest absolute Gasteiger partial charge is 0.320 e. The van der Waals surface area contributed by atoms with Gasteiger partial charge < -0.3 is 5.11 Å². The van der Waals surface area contributed by atoms with Crippen molar-refractivity contribution in [2.24, 2.45) is 0 Å². The van der Waals surface area contributed by atoms with E-state index >= 15 is 0 Å². The number of carboxylic acids is 1. The van der Waals surface area contributed by atoms with Crippen LogP contribution in [0.5, 0.6) is 0 Å². The van der Waals surface area contributed by atoms with E-state index in [1.165, 1.54) is 15.0 Å². The molecular formula is C17H21NO2S. The van der Waals surface area contributed by atoms with Gasteiger partial charge in [0.2, 0.25) is 0 Å². The van der Waals surface area contributed by atoms with E-state index in [9.17, 15) is 9.90 Å². The Morgan fingerprint density at radius 1 is 1.33 bits per heavy atom. The Labute approximate surface area is 129 Å². The van der Waals surface area contributed by atoms with Gasteiger partial charge in [0, 0.05) is 15.6 Å². The summed E-state index contributed by atoms with van der Waals surface area (Å²) in [6.45, 7) is 3.03. The molecule has 1 aromatic heterocycles. The summed E-state index contributed by atoms with van der Waals surface area (Å²) >= 11 is 1.78. The molecule has 21 heavy (non-hydrogen) atoms. The molecule has 0 spiro atoms. The first-order chi connectivity index (χ1) is 10.2. The van der Waals surface area contributed by atoms with Crippen molar-refractivity contribution in [3.05, 3.63) is 35.2 Å². The summed E-state index contributed by atoms with van der Waals surface area (Å²) in [5, 5.41) is 10.8. The molecule has 0 radical (unpaired) electrons. The molecule has 0 amide bonds. The van der Waals surface area contributed by atoms with Crippen molar-refractivity contribution in [2.45, 2.75) is 44.7 Å². The summed E-state index contributed by atoms with van der Waals surface area (Å²) < 4.78 is 1.28. The lowest BCUT2D eigenvalue weighted by Crippen LogP contribution is -2.42. The number of aliphatic carboxylic acids is 1. The zero-order valence-corrected chi connectivity index (χ0v) is 13.1. The molecule has 1 fully saturated rings. The van der Waals surface area contributed by atoms with Gasteiger partial charge >= 0.3 is 5.97 Å². The summed E-state index contributed by atoms with van der Waals surface area (Å²) in [6.07, 6.45) is 4.02. The van der Waals surface area contributed by atoms with Gasteiger partial charge in [-0.1, -0.05) is 31.0 Å². The average Bonchev–Trinajstić information content (AvgIpc) is 2.75. The van der Waals surface area contributed by atoms with E-state index in [2.05, 4.69) is 42.2 Å². The lowest BCUT2D eigenvalue weighted by Gasteiger charge is -2.32. The Bertz CT molecular complexity index is 604. The number of thiophene rings is 1. The largest absolute Gasteiger partial charge is 0.480 e. The van der Waals surface area contributed by atoms with Gasteiger partial charge in [-0.05, 0) is 43.8 Å². The number of hydrogen-bond donors (Lipinski definition) is 1. The third kappa shape index (κ3) is 2.97. The number of rotatable bonds is 3. The third-order valence-corrected chi connectivity index (χ3v) is 5.72. The number of carboxylic acid groups (broad SMARTS) is 1. The van der Waals surface area contributed by atoms with Crippen molar-refractivity contribution in [3.8, 4) is 0 Å². The Kier molecular flexibility index (Phi) is 4.27. The van der Waals surface area contributed by atoms with Gasteiger partial charge in [-0.2, -0.15) is 0 Å². The van der Waals surface area contributed by atoms with Crippen LogP contribution >= 0.6 is 11.3 Å². The molecule has 0 bridgehead atoms. The molecule has 3 nitrogen and oxygen atoms in total. The van der Waals surface area contributed by atoms with Crippen molar-refractivity contribution >= 4 is 27.4 Å². The van der Waals surface area contributed by atoms with Crippen LogP contribution in [0.1, 0.15) is 43.5 Å². The minimum absolute atomic E-state index is 0.168. The first-order valence-corrected chi connectivity index (χ1v) is 8.45. The van der Waals surface area contributed by atoms with Crippen LogP contribution in [0.25, 0.3) is 10.1 Å². The van der Waals surface area contributed by atoms with Crippen LogP contribution in [0.4, 0.5) is 0 Å². The molecule has 0 saturated carbocycles. The number of carbonyl (C=O) groups is 1. The highest BCUT2D eigenvalue weighted by atomic mass is 32.1. The molecular weight excluding hydrogens is 282 g/mol. The van der Waals surface area contributed by atoms with Crippen molar-refractivity contribution < 1.29 is 9.90 Å². The molecule has 1 saturated heterocycles. The number of likely N-dealkylation sites (tertiary alicyclic amines) is 1. The number of hydrogen-bond acceptors (Lipinski definition) is 3. The zero-order chi connectivity index (χ0) is 14.8. The SMILES string of the molecule is CC(c1cc2ccccc2s1)N1CCCCCC1C(=O)O. The Hall–Kier alpha value is -1.39. The number of fused-ring (bicyclic) bond motifs is 1. The monoisotopic (exact) mass is 303 g/mol. The first kappa shape index (κ1) is 14.5. The molecule has 1 N–H and O–H groups in total. The van der Waals surface area contributed by atoms with Crippen LogP contribution in [0.15, 0.2) is 30.3 Å². The van der Waals surface area contributed by atoms with Gasteiger partial charge in [-0.25, -0.2) is 0 Å². The topological polar surface area (TPSA) is 40.5 Å². The predicted molar refractivity (Wildman–Crippen MR) is 86.8 cm³/mol. The summed E-state index contributed by atoms with van der Waals surface area (Å²) in [5.74, 6) is -0.676. The predicted octanol–water partition coefficient (Wildman–Crippen LogP) is 4.29. The molecule has 1 aliphatic heterocycles. The lowest BCUT2D eigenvalue weighted by molar-refractivity contribution is -0.144. The number of nitrogens with zero attached hydrogens (tertiary/aromatic N) is 1. The van der Waals surface area contributed by atoms with Gasteiger partial charge in [-0.3, -0.25) is 9.69 Å². The van der Waals surface area contributed by atoms with E-state index in [1.807, 2.05) is 0 Å². The van der Waals surface area contributed by atoms with Gasteiger partial charge in [0.1, 0.15) is 6.04 Å². The van der Waals surface area contributed by atoms with E-state index in [-0.39, 0.29) is 12.1 Å². The standard InChI is InChI=1S/C17H21NO2S/c1-12(16-11-13-7-4-5-9-15(13)21-16)18-10-6-2-3-8-14(18)17(19)20/h4-5,7,9,11-12,14H,2-3,6,8,10H2,1H3,(H,19,20). The Balaban J connectivity index is 1.90. The highest BCUT2D eigenvalue weighted by Gasteiger charge is 2.31. The second kappa shape index (κ2) is 6.16. The van der Waals surface area contributed by atoms with Crippen LogP contribution < -0.4 is 0 Å². The minimum atomic E-state index is -0.676. The van der Waals surface area contributed by atoms with E-state index in [1.54, 1.807) is 11.3 Å². The molecule has 1 aliphatic rings. The highest BCUT2D eigenvalue weighted by molar-refractivity contribution is 7.19. The molecule has 2 atom stereocenters. The van der Waals surface area contributed by atoms with Crippen LogP contribution in [0, 0.1) is 0 Å². The van der Waals surface area contributed by atoms with E-state index in [0.29, 0.717) is 0 Å². The molecule has 112 valence electrons. The fourth-order valence-electron chi connectivity index (χ4n) is 3.23. The zero-order valence-electron chi connectivity index (χ0n) is 12.3. The second-order valence-corrected chi connectivity index (χ2v) is 6.92. The summed E-state index contributed by atoms with van der Waals surface area (Å²) in [5.41, 5.74) is 0. The van der Waals surface area contributed by atoms with Crippen LogP contribution in [-0.2, 0) is 4.79 Å². The van der Waals surface area contributed by atoms with Crippen molar-refractivity contribution in [3.63, 3.8) is 0 Å². The van der Waals surface area contributed by atoms with Crippen LogP contribution in [0.2, 0.25) is 0 Å². The van der Waals surface area contributed by atoms with Crippen LogP contribution in [0.3, 0.4) is 0 Å². The summed E-state index contributed by atoms with van der Waals surface area (Å²) in [7, 11) is 0. The van der Waals surface area contributed by atoms with Crippen molar-refractivity contribution in [1.82, 2.24) is 4.90 Å². The highest BCUT2D eigenvalue weighted by Crippen LogP contribution is 2.35. The van der Waals surface area contributed by atoms with E-state index in [0.717, 1.165) is 32.2 Å². The molecule has 2 heterocycles. The molecule has 2 aromatic rings.